The standard InChI is InChI=1S/C11H16N2O3S/c1-11(2,12-3)10(14)13-17(15,16)9-7-5-4-6-8-9/h4-8,12H,1-3H3,(H,13,14). The van der Waals surface area contributed by atoms with E-state index < -0.39 is 21.5 Å². The Morgan fingerprint density at radius 2 is 1.71 bits per heavy atom. The van der Waals surface area contributed by atoms with Crippen LogP contribution in [-0.4, -0.2) is 26.9 Å². The number of sulfonamides is 1. The number of rotatable bonds is 4. The second kappa shape index (κ2) is 4.85. The van der Waals surface area contributed by atoms with Crippen molar-refractivity contribution < 1.29 is 13.2 Å². The molecule has 0 aliphatic heterocycles. The van der Waals surface area contributed by atoms with Crippen molar-refractivity contribution in [2.24, 2.45) is 0 Å². The molecule has 17 heavy (non-hydrogen) atoms. The minimum atomic E-state index is -3.79. The normalized spacial score (nSPS) is 12.2. The van der Waals surface area contributed by atoms with Gasteiger partial charge in [-0.1, -0.05) is 18.2 Å². The second-order valence-electron chi connectivity index (χ2n) is 4.12. The predicted octanol–water partition coefficient (Wildman–Crippen LogP) is 0.489. The number of carbonyl (C=O) groups is 1. The van der Waals surface area contributed by atoms with Crippen LogP contribution in [0, 0.1) is 0 Å². The second-order valence-corrected chi connectivity index (χ2v) is 5.81. The van der Waals surface area contributed by atoms with Crippen molar-refractivity contribution in [1.29, 1.82) is 0 Å². The third-order valence-corrected chi connectivity index (χ3v) is 3.82. The number of nitrogens with one attached hydrogen (secondary N) is 2. The van der Waals surface area contributed by atoms with Gasteiger partial charge in [-0.25, -0.2) is 13.1 Å². The fourth-order valence-electron chi connectivity index (χ4n) is 1.02. The maximum atomic E-state index is 11.8. The molecule has 1 aromatic carbocycles. The molecule has 0 atom stereocenters. The van der Waals surface area contributed by atoms with Crippen molar-refractivity contribution in [1.82, 2.24) is 10.0 Å². The number of hydrogen-bond donors (Lipinski definition) is 2. The van der Waals surface area contributed by atoms with Crippen molar-refractivity contribution in [3.63, 3.8) is 0 Å². The Morgan fingerprint density at radius 1 is 1.18 bits per heavy atom. The number of benzene rings is 1. The summed E-state index contributed by atoms with van der Waals surface area (Å²) in [5.41, 5.74) is -0.943. The fourth-order valence-corrected chi connectivity index (χ4v) is 2.15. The van der Waals surface area contributed by atoms with Crippen molar-refractivity contribution in [3.05, 3.63) is 30.3 Å². The van der Waals surface area contributed by atoms with Gasteiger partial charge in [0.15, 0.2) is 0 Å². The molecule has 1 aromatic rings. The van der Waals surface area contributed by atoms with Crippen molar-refractivity contribution >= 4 is 15.9 Å². The van der Waals surface area contributed by atoms with Gasteiger partial charge >= 0.3 is 0 Å². The first-order chi connectivity index (χ1) is 7.79. The van der Waals surface area contributed by atoms with Crippen LogP contribution in [-0.2, 0) is 14.8 Å². The molecule has 1 rings (SSSR count). The number of amides is 1. The van der Waals surface area contributed by atoms with Crippen molar-refractivity contribution in [2.75, 3.05) is 7.05 Å². The summed E-state index contributed by atoms with van der Waals surface area (Å²) in [6.45, 7) is 3.20. The third kappa shape index (κ3) is 3.28. The Hall–Kier alpha value is -1.40. The van der Waals surface area contributed by atoms with Gasteiger partial charge in [-0.05, 0) is 33.0 Å². The van der Waals surface area contributed by atoms with Crippen LogP contribution in [0.4, 0.5) is 0 Å². The highest BCUT2D eigenvalue weighted by molar-refractivity contribution is 7.90. The lowest BCUT2D eigenvalue weighted by Gasteiger charge is -2.22. The monoisotopic (exact) mass is 256 g/mol. The number of carbonyl (C=O) groups excluding carboxylic acids is 1. The first-order valence-corrected chi connectivity index (χ1v) is 6.59. The van der Waals surface area contributed by atoms with Crippen LogP contribution < -0.4 is 10.0 Å². The summed E-state index contributed by atoms with van der Waals surface area (Å²) in [4.78, 5) is 11.8. The highest BCUT2D eigenvalue weighted by Crippen LogP contribution is 2.09. The van der Waals surface area contributed by atoms with E-state index >= 15 is 0 Å². The molecule has 5 nitrogen and oxygen atoms in total. The largest absolute Gasteiger partial charge is 0.307 e. The van der Waals surface area contributed by atoms with Gasteiger partial charge < -0.3 is 5.32 Å². The van der Waals surface area contributed by atoms with Crippen LogP contribution in [0.1, 0.15) is 13.8 Å². The first kappa shape index (κ1) is 13.7. The van der Waals surface area contributed by atoms with E-state index in [1.807, 2.05) is 4.72 Å². The molecule has 0 saturated carbocycles. The molecule has 1 amide bonds. The van der Waals surface area contributed by atoms with Crippen molar-refractivity contribution in [3.8, 4) is 0 Å². The van der Waals surface area contributed by atoms with Crippen LogP contribution in [0.2, 0.25) is 0 Å². The van der Waals surface area contributed by atoms with Crippen LogP contribution in [0.25, 0.3) is 0 Å². The summed E-state index contributed by atoms with van der Waals surface area (Å²) < 4.78 is 25.7. The lowest BCUT2D eigenvalue weighted by atomic mass is 10.1. The van der Waals surface area contributed by atoms with Gasteiger partial charge in [-0.15, -0.1) is 0 Å². The molecule has 6 heteroatoms. The topological polar surface area (TPSA) is 75.3 Å². The summed E-state index contributed by atoms with van der Waals surface area (Å²) in [7, 11) is -2.20. The highest BCUT2D eigenvalue weighted by atomic mass is 32.2. The zero-order valence-corrected chi connectivity index (χ0v) is 10.8. The molecule has 0 spiro atoms. The smallest absolute Gasteiger partial charge is 0.264 e. The van der Waals surface area contributed by atoms with E-state index in [0.717, 1.165) is 0 Å². The van der Waals surface area contributed by atoms with E-state index in [2.05, 4.69) is 5.32 Å². The Balaban J connectivity index is 2.93. The molecule has 0 bridgehead atoms. The minimum Gasteiger partial charge on any atom is -0.307 e. The lowest BCUT2D eigenvalue weighted by Crippen LogP contribution is -2.52. The Labute approximate surface area is 101 Å². The first-order valence-electron chi connectivity index (χ1n) is 5.11. The summed E-state index contributed by atoms with van der Waals surface area (Å²) in [5, 5.41) is 2.74. The SMILES string of the molecule is CNC(C)(C)C(=O)NS(=O)(=O)c1ccccc1. The van der Waals surface area contributed by atoms with Crippen LogP contribution in [0.15, 0.2) is 35.2 Å². The van der Waals surface area contributed by atoms with Gasteiger partial charge in [0.1, 0.15) is 0 Å². The molecule has 0 unspecified atom stereocenters. The van der Waals surface area contributed by atoms with E-state index in [1.54, 1.807) is 39.1 Å². The molecule has 2 N–H and O–H groups in total. The van der Waals surface area contributed by atoms with Gasteiger partial charge in [0.2, 0.25) is 0 Å². The Bertz CT molecular complexity index is 495. The molecule has 0 heterocycles. The summed E-state index contributed by atoms with van der Waals surface area (Å²) in [5.74, 6) is -0.594. The summed E-state index contributed by atoms with van der Waals surface area (Å²) in [6.07, 6.45) is 0. The van der Waals surface area contributed by atoms with E-state index in [9.17, 15) is 13.2 Å². The summed E-state index contributed by atoms with van der Waals surface area (Å²) in [6, 6.07) is 7.77. The molecule has 0 aliphatic carbocycles. The lowest BCUT2D eigenvalue weighted by molar-refractivity contribution is -0.124. The van der Waals surface area contributed by atoms with E-state index in [4.69, 9.17) is 0 Å². The molecular formula is C11H16N2O3S. The van der Waals surface area contributed by atoms with E-state index in [-0.39, 0.29) is 4.90 Å². The average molecular weight is 256 g/mol. The van der Waals surface area contributed by atoms with Crippen LogP contribution in [0.3, 0.4) is 0 Å². The molecule has 0 aromatic heterocycles. The third-order valence-electron chi connectivity index (χ3n) is 2.47. The van der Waals surface area contributed by atoms with Gasteiger partial charge in [-0.2, -0.15) is 0 Å². The Kier molecular flexibility index (Phi) is 3.90. The molecule has 94 valence electrons. The van der Waals surface area contributed by atoms with Gasteiger partial charge in [0, 0.05) is 0 Å². The van der Waals surface area contributed by atoms with E-state index in [1.165, 1.54) is 12.1 Å². The van der Waals surface area contributed by atoms with Crippen LogP contribution in [0.5, 0.6) is 0 Å². The molecular weight excluding hydrogens is 240 g/mol. The van der Waals surface area contributed by atoms with Crippen molar-refractivity contribution in [2.45, 2.75) is 24.3 Å². The maximum Gasteiger partial charge on any atom is 0.264 e. The minimum absolute atomic E-state index is 0.0697. The highest BCUT2D eigenvalue weighted by Gasteiger charge is 2.29. The zero-order chi connectivity index (χ0) is 13.1. The number of hydrogen-bond acceptors (Lipinski definition) is 4. The van der Waals surface area contributed by atoms with Gasteiger partial charge in [0.05, 0.1) is 10.4 Å². The molecule has 0 fully saturated rings. The van der Waals surface area contributed by atoms with Crippen LogP contribution >= 0.6 is 0 Å². The summed E-state index contributed by atoms with van der Waals surface area (Å²) >= 11 is 0. The fraction of sp³-hybridized carbons (Fsp3) is 0.364. The maximum absolute atomic E-state index is 11.8. The zero-order valence-electron chi connectivity index (χ0n) is 10.0. The van der Waals surface area contributed by atoms with E-state index in [0.29, 0.717) is 0 Å². The number of likely N-dealkylation sites (N-methyl/N-ethyl adjacent to an activating group) is 1. The molecule has 0 aliphatic rings. The quantitative estimate of drug-likeness (QED) is 0.822. The van der Waals surface area contributed by atoms with Gasteiger partial charge in [0.25, 0.3) is 15.9 Å². The molecule has 0 radical (unpaired) electrons. The molecule has 0 saturated heterocycles. The average Bonchev–Trinajstić information content (AvgIpc) is 2.29. The Morgan fingerprint density at radius 3 is 2.18 bits per heavy atom. The predicted molar refractivity (Wildman–Crippen MR) is 64.9 cm³/mol. The van der Waals surface area contributed by atoms with Gasteiger partial charge in [-0.3, -0.25) is 4.79 Å².